The highest BCUT2D eigenvalue weighted by molar-refractivity contribution is 7.47. The molecule has 0 aromatic heterocycles. The van der Waals surface area contributed by atoms with Crippen LogP contribution in [0.3, 0.4) is 0 Å². The third-order valence-electron chi connectivity index (χ3n) is 15.7. The fourth-order valence-electron chi connectivity index (χ4n) is 9.90. The van der Waals surface area contributed by atoms with Crippen molar-refractivity contribution in [2.75, 3.05) is 39.6 Å². The minimum Gasteiger partial charge on any atom is -0.462 e. The van der Waals surface area contributed by atoms with Gasteiger partial charge < -0.3 is 33.8 Å². The van der Waals surface area contributed by atoms with Crippen molar-refractivity contribution in [2.45, 2.75) is 329 Å². The molecule has 17 nitrogen and oxygen atoms in total. The molecule has 0 aromatic rings. The van der Waals surface area contributed by atoms with Gasteiger partial charge in [0.1, 0.15) is 19.3 Å². The summed E-state index contributed by atoms with van der Waals surface area (Å²) in [5, 5.41) is 10.6. The van der Waals surface area contributed by atoms with Crippen molar-refractivity contribution in [2.24, 2.45) is 0 Å². The van der Waals surface area contributed by atoms with Gasteiger partial charge in [0, 0.05) is 25.7 Å². The molecule has 0 radical (unpaired) electrons. The molecule has 0 rings (SSSR count). The zero-order valence-electron chi connectivity index (χ0n) is 61.4. The molecule has 0 fully saturated rings. The molecule has 98 heavy (non-hydrogen) atoms. The second kappa shape index (κ2) is 71.1. The van der Waals surface area contributed by atoms with Crippen LogP contribution in [0.5, 0.6) is 0 Å². The minimum absolute atomic E-state index is 0.0701. The summed E-state index contributed by atoms with van der Waals surface area (Å²) in [5.41, 5.74) is 0. The molecule has 564 valence electrons. The molecule has 3 N–H and O–H groups in total. The number of ether oxygens (including phenoxy) is 4. The van der Waals surface area contributed by atoms with Gasteiger partial charge in [-0.3, -0.25) is 37.3 Å². The summed E-state index contributed by atoms with van der Waals surface area (Å²) < 4.78 is 68.4. The van der Waals surface area contributed by atoms with E-state index in [9.17, 15) is 43.2 Å². The van der Waals surface area contributed by atoms with E-state index < -0.39 is 97.5 Å². The Labute approximate surface area is 594 Å². The van der Waals surface area contributed by atoms with Crippen molar-refractivity contribution < 1.29 is 80.2 Å². The van der Waals surface area contributed by atoms with E-state index in [4.69, 9.17) is 37.0 Å². The lowest BCUT2D eigenvalue weighted by Crippen LogP contribution is -2.30. The fourth-order valence-corrected chi connectivity index (χ4v) is 11.5. The second-order valence-electron chi connectivity index (χ2n) is 25.2. The molecule has 0 aromatic carbocycles. The van der Waals surface area contributed by atoms with Gasteiger partial charge in [0.25, 0.3) is 0 Å². The van der Waals surface area contributed by atoms with Gasteiger partial charge in [0.05, 0.1) is 26.4 Å². The Morgan fingerprint density at radius 2 is 0.551 bits per heavy atom. The Hall–Kier alpha value is -4.28. The third-order valence-corrected chi connectivity index (χ3v) is 17.6. The largest absolute Gasteiger partial charge is 0.472 e. The highest BCUT2D eigenvalue weighted by Crippen LogP contribution is 2.45. The first-order chi connectivity index (χ1) is 47.7. The van der Waals surface area contributed by atoms with Crippen molar-refractivity contribution in [1.29, 1.82) is 0 Å². The molecule has 0 heterocycles. The number of carbonyl (C=O) groups excluding carboxylic acids is 4. The van der Waals surface area contributed by atoms with Crippen LogP contribution < -0.4 is 0 Å². The van der Waals surface area contributed by atoms with Crippen LogP contribution in [0.25, 0.3) is 0 Å². The smallest absolute Gasteiger partial charge is 0.462 e. The van der Waals surface area contributed by atoms with Gasteiger partial charge in [-0.05, 0) is 128 Å². The maximum atomic E-state index is 13.1. The highest BCUT2D eigenvalue weighted by Gasteiger charge is 2.30. The Morgan fingerprint density at radius 1 is 0.296 bits per heavy atom. The number of aliphatic hydroxyl groups excluding tert-OH is 1. The van der Waals surface area contributed by atoms with Gasteiger partial charge in [-0.1, -0.05) is 265 Å². The first kappa shape index (κ1) is 93.7. The van der Waals surface area contributed by atoms with E-state index in [0.29, 0.717) is 25.7 Å². The molecule has 0 spiro atoms. The molecular weight excluding hydrogens is 1280 g/mol. The van der Waals surface area contributed by atoms with E-state index >= 15 is 0 Å². The molecule has 5 unspecified atom stereocenters. The molecule has 0 amide bonds. The van der Waals surface area contributed by atoms with Crippen molar-refractivity contribution in [3.8, 4) is 0 Å². The second-order valence-corrected chi connectivity index (χ2v) is 28.1. The van der Waals surface area contributed by atoms with Crippen molar-refractivity contribution in [3.63, 3.8) is 0 Å². The summed E-state index contributed by atoms with van der Waals surface area (Å²) in [7, 11) is -9.96. The van der Waals surface area contributed by atoms with E-state index in [1.54, 1.807) is 0 Å². The monoisotopic (exact) mass is 1420 g/mol. The van der Waals surface area contributed by atoms with Crippen LogP contribution in [-0.2, 0) is 65.4 Å². The van der Waals surface area contributed by atoms with E-state index in [-0.39, 0.29) is 25.7 Å². The minimum atomic E-state index is -4.99. The van der Waals surface area contributed by atoms with Crippen LogP contribution in [0.1, 0.15) is 310 Å². The standard InChI is InChI=1S/C79H136O17P2/c1-5-9-13-17-21-25-29-32-34-35-36-37-39-41-45-48-52-56-60-64-77(82)90-70-75(96-79(84)66-62-58-54-50-46-42-38-33-30-26-22-18-14-10-6-2)72-94-98(87,88)92-68-73(80)67-91-97(85,86)93-71-74(95-78(83)65-61-57-53-49-43-28-24-20-16-12-8-4)69-89-76(81)63-59-55-51-47-44-40-31-27-23-19-15-11-7-3/h9,13,15,19,21-22,25-27,31-34,36-38,41,45,73-75,80H,5-8,10-12,14,16-18,20,23-24,28-30,35,39-40,42-44,46-72H2,1-4H3,(H,85,86)(H,87,88)/b13-9-,19-15-,25-21-,26-22-,31-27-,34-32-,37-36-,38-33-,45-41-. The number of allylic oxidation sites excluding steroid dienone is 18. The zero-order valence-corrected chi connectivity index (χ0v) is 63.2. The SMILES string of the molecule is CC/C=C\C/C=C\C/C=C\C/C=C\C/C=C\CCCCCC(=O)OCC(COP(=O)(O)OCC(O)COP(=O)(O)OCC(COC(=O)CCCCCCC/C=C\C/C=C\CCC)OC(=O)CCCCCCCCCCCCC)OC(=O)CCCCCCC/C=C\C/C=C\CCCCC. The highest BCUT2D eigenvalue weighted by atomic mass is 31.2. The van der Waals surface area contributed by atoms with E-state index in [2.05, 4.69) is 137 Å². The summed E-state index contributed by atoms with van der Waals surface area (Å²) in [6.45, 7) is 4.60. The molecule has 19 heteroatoms. The van der Waals surface area contributed by atoms with Crippen LogP contribution in [0.2, 0.25) is 0 Å². The summed E-state index contributed by atoms with van der Waals surface area (Å²) in [6.07, 6.45) is 75.1. The van der Waals surface area contributed by atoms with Gasteiger partial charge in [-0.15, -0.1) is 0 Å². The predicted octanol–water partition coefficient (Wildman–Crippen LogP) is 21.8. The zero-order chi connectivity index (χ0) is 71.8. The molecule has 5 atom stereocenters. The summed E-state index contributed by atoms with van der Waals surface area (Å²) in [4.78, 5) is 72.8. The number of aliphatic hydroxyl groups is 1. The molecule has 0 aliphatic rings. The van der Waals surface area contributed by atoms with E-state index in [1.807, 2.05) is 0 Å². The lowest BCUT2D eigenvalue weighted by Gasteiger charge is -2.21. The van der Waals surface area contributed by atoms with Crippen molar-refractivity contribution in [3.05, 3.63) is 109 Å². The normalized spacial score (nSPS) is 14.6. The van der Waals surface area contributed by atoms with Crippen molar-refractivity contribution >= 4 is 39.5 Å². The maximum absolute atomic E-state index is 13.1. The summed E-state index contributed by atoms with van der Waals surface area (Å²) in [5.74, 6) is -2.23. The summed E-state index contributed by atoms with van der Waals surface area (Å²) in [6, 6.07) is 0. The van der Waals surface area contributed by atoms with Crippen LogP contribution in [0.15, 0.2) is 109 Å². The first-order valence-corrected chi connectivity index (χ1v) is 41.1. The lowest BCUT2D eigenvalue weighted by molar-refractivity contribution is -0.161. The number of esters is 4. The van der Waals surface area contributed by atoms with Gasteiger partial charge in [-0.25, -0.2) is 9.13 Å². The average Bonchev–Trinajstić information content (AvgIpc) is 0.992. The van der Waals surface area contributed by atoms with Gasteiger partial charge in [0.15, 0.2) is 12.2 Å². The number of hydrogen-bond acceptors (Lipinski definition) is 15. The number of carbonyl (C=O) groups is 4. The molecule has 0 saturated carbocycles. The van der Waals surface area contributed by atoms with Gasteiger partial charge in [-0.2, -0.15) is 0 Å². The number of unbranched alkanes of at least 4 members (excludes halogenated alkanes) is 27. The van der Waals surface area contributed by atoms with Crippen LogP contribution >= 0.6 is 15.6 Å². The van der Waals surface area contributed by atoms with E-state index in [0.717, 1.165) is 173 Å². The Balaban J connectivity index is 5.37. The van der Waals surface area contributed by atoms with Crippen LogP contribution in [-0.4, -0.2) is 96.7 Å². The average molecular weight is 1420 g/mol. The molecule has 0 saturated heterocycles. The fraction of sp³-hybridized carbons (Fsp3) is 0.722. The topological polar surface area (TPSA) is 237 Å². The molecular formula is C79H136O17P2. The number of phosphoric acid groups is 2. The first-order valence-electron chi connectivity index (χ1n) is 38.1. The van der Waals surface area contributed by atoms with Crippen molar-refractivity contribution in [1.82, 2.24) is 0 Å². The third kappa shape index (κ3) is 70.2. The number of hydrogen-bond donors (Lipinski definition) is 3. The van der Waals surface area contributed by atoms with Gasteiger partial charge in [0.2, 0.25) is 0 Å². The molecule has 0 bridgehead atoms. The Bertz CT molecular complexity index is 2290. The number of rotatable bonds is 71. The summed E-state index contributed by atoms with van der Waals surface area (Å²) >= 11 is 0. The Morgan fingerprint density at radius 3 is 0.888 bits per heavy atom. The Kier molecular flexibility index (Phi) is 68.0. The van der Waals surface area contributed by atoms with Crippen LogP contribution in [0, 0.1) is 0 Å². The van der Waals surface area contributed by atoms with Crippen LogP contribution in [0.4, 0.5) is 0 Å². The van der Waals surface area contributed by atoms with Gasteiger partial charge >= 0.3 is 39.5 Å². The molecule has 0 aliphatic carbocycles. The number of phosphoric ester groups is 2. The van der Waals surface area contributed by atoms with E-state index in [1.165, 1.54) is 57.8 Å². The lowest BCUT2D eigenvalue weighted by atomic mass is 10.1. The quantitative estimate of drug-likeness (QED) is 0.0169. The predicted molar refractivity (Wildman–Crippen MR) is 399 cm³/mol. The molecule has 0 aliphatic heterocycles. The maximum Gasteiger partial charge on any atom is 0.472 e.